The summed E-state index contributed by atoms with van der Waals surface area (Å²) < 4.78 is 23.0. The van der Waals surface area contributed by atoms with Gasteiger partial charge in [-0.15, -0.1) is 24.0 Å². The molecule has 0 atom stereocenters. The van der Waals surface area contributed by atoms with E-state index in [1.54, 1.807) is 14.0 Å². The van der Waals surface area contributed by atoms with Crippen molar-refractivity contribution in [1.29, 1.82) is 0 Å². The van der Waals surface area contributed by atoms with Crippen molar-refractivity contribution in [3.8, 4) is 0 Å². The van der Waals surface area contributed by atoms with Crippen molar-refractivity contribution in [2.45, 2.75) is 39.3 Å². The number of nitrogens with zero attached hydrogens (tertiary/aromatic N) is 2. The number of sulfone groups is 1. The topological polar surface area (TPSA) is 73.8 Å². The summed E-state index contributed by atoms with van der Waals surface area (Å²) in [5, 5.41) is 6.27. The van der Waals surface area contributed by atoms with Crippen molar-refractivity contribution in [2.24, 2.45) is 4.99 Å². The van der Waals surface area contributed by atoms with Crippen LogP contribution in [0.4, 0.5) is 0 Å². The summed E-state index contributed by atoms with van der Waals surface area (Å²) in [4.78, 5) is 6.66. The van der Waals surface area contributed by atoms with E-state index in [2.05, 4.69) is 44.8 Å². The summed E-state index contributed by atoms with van der Waals surface area (Å²) in [6.07, 6.45) is 3.99. The average molecular weight is 508 g/mol. The number of piperidine rings is 1. The Kier molecular flexibility index (Phi) is 11.2. The van der Waals surface area contributed by atoms with Gasteiger partial charge in [-0.05, 0) is 37.1 Å². The third kappa shape index (κ3) is 9.25. The third-order valence-corrected chi connectivity index (χ3v) is 6.41. The molecule has 1 saturated heterocycles. The lowest BCUT2D eigenvalue weighted by Crippen LogP contribution is -2.39. The van der Waals surface area contributed by atoms with E-state index in [0.29, 0.717) is 19.0 Å². The summed E-state index contributed by atoms with van der Waals surface area (Å²) >= 11 is 0. The standard InChI is InChI=1S/C19H32N4O2S.HI/c1-3-26(24,25)14-11-21-19(20-2)22-15-17-7-9-18(10-8-17)16-23-12-5-4-6-13-23;/h7-10H,3-6,11-16H2,1-2H3,(H2,20,21,22);1H. The van der Waals surface area contributed by atoms with Gasteiger partial charge in [0.25, 0.3) is 0 Å². The Hall–Kier alpha value is -0.870. The second-order valence-corrected chi connectivity index (χ2v) is 9.21. The van der Waals surface area contributed by atoms with Crippen LogP contribution in [0.2, 0.25) is 0 Å². The highest BCUT2D eigenvalue weighted by atomic mass is 127. The van der Waals surface area contributed by atoms with Crippen LogP contribution in [0.5, 0.6) is 0 Å². The number of nitrogens with one attached hydrogen (secondary N) is 2. The third-order valence-electron chi connectivity index (χ3n) is 4.71. The highest BCUT2D eigenvalue weighted by Gasteiger charge is 2.10. The fraction of sp³-hybridized carbons (Fsp3) is 0.632. The SMILES string of the molecule is CCS(=O)(=O)CCNC(=NC)NCc1ccc(CN2CCCCC2)cc1.I. The Bertz CT molecular complexity index is 671. The number of halogens is 1. The van der Waals surface area contributed by atoms with Gasteiger partial charge in [0.15, 0.2) is 15.8 Å². The predicted octanol–water partition coefficient (Wildman–Crippen LogP) is 2.39. The monoisotopic (exact) mass is 508 g/mol. The first-order chi connectivity index (χ1) is 12.5. The van der Waals surface area contributed by atoms with Gasteiger partial charge < -0.3 is 10.6 Å². The van der Waals surface area contributed by atoms with E-state index in [1.807, 2.05) is 0 Å². The molecule has 1 fully saturated rings. The highest BCUT2D eigenvalue weighted by molar-refractivity contribution is 14.0. The van der Waals surface area contributed by atoms with E-state index in [1.165, 1.54) is 43.5 Å². The van der Waals surface area contributed by atoms with Gasteiger partial charge >= 0.3 is 0 Å². The summed E-state index contributed by atoms with van der Waals surface area (Å²) in [7, 11) is -1.27. The van der Waals surface area contributed by atoms with Gasteiger partial charge in [-0.2, -0.15) is 0 Å². The van der Waals surface area contributed by atoms with Gasteiger partial charge in [0.2, 0.25) is 0 Å². The molecule has 0 aliphatic carbocycles. The quantitative estimate of drug-likeness (QED) is 0.321. The van der Waals surface area contributed by atoms with Crippen LogP contribution >= 0.6 is 24.0 Å². The van der Waals surface area contributed by atoms with Gasteiger partial charge in [0.1, 0.15) is 0 Å². The van der Waals surface area contributed by atoms with E-state index < -0.39 is 9.84 Å². The largest absolute Gasteiger partial charge is 0.355 e. The molecular formula is C19H33IN4O2S. The Morgan fingerprint density at radius 3 is 2.30 bits per heavy atom. The van der Waals surface area contributed by atoms with Crippen LogP contribution in [0.3, 0.4) is 0 Å². The molecule has 0 spiro atoms. The molecule has 0 radical (unpaired) electrons. The number of hydrogen-bond donors (Lipinski definition) is 2. The van der Waals surface area contributed by atoms with Crippen LogP contribution in [-0.4, -0.2) is 57.5 Å². The van der Waals surface area contributed by atoms with Crippen molar-refractivity contribution in [1.82, 2.24) is 15.5 Å². The average Bonchev–Trinajstić information content (AvgIpc) is 2.66. The van der Waals surface area contributed by atoms with Gasteiger partial charge in [-0.25, -0.2) is 8.42 Å². The number of aliphatic imine (C=N–C) groups is 1. The fourth-order valence-electron chi connectivity index (χ4n) is 3.01. The second kappa shape index (κ2) is 12.6. The normalized spacial score (nSPS) is 15.9. The molecule has 0 bridgehead atoms. The second-order valence-electron chi connectivity index (χ2n) is 6.74. The van der Waals surface area contributed by atoms with E-state index >= 15 is 0 Å². The maximum absolute atomic E-state index is 11.5. The molecule has 154 valence electrons. The highest BCUT2D eigenvalue weighted by Crippen LogP contribution is 2.13. The van der Waals surface area contributed by atoms with Crippen molar-refractivity contribution >= 4 is 39.8 Å². The first-order valence-electron chi connectivity index (χ1n) is 9.47. The van der Waals surface area contributed by atoms with Crippen LogP contribution in [0.25, 0.3) is 0 Å². The molecule has 1 aromatic rings. The van der Waals surface area contributed by atoms with Crippen molar-refractivity contribution < 1.29 is 8.42 Å². The van der Waals surface area contributed by atoms with E-state index in [9.17, 15) is 8.42 Å². The lowest BCUT2D eigenvalue weighted by atomic mass is 10.1. The Morgan fingerprint density at radius 2 is 1.70 bits per heavy atom. The van der Waals surface area contributed by atoms with E-state index in [-0.39, 0.29) is 35.5 Å². The summed E-state index contributed by atoms with van der Waals surface area (Å²) in [5.74, 6) is 0.911. The molecule has 2 rings (SSSR count). The number of hydrogen-bond acceptors (Lipinski definition) is 4. The molecule has 6 nitrogen and oxygen atoms in total. The molecular weight excluding hydrogens is 475 g/mol. The Morgan fingerprint density at radius 1 is 1.07 bits per heavy atom. The van der Waals surface area contributed by atoms with Crippen LogP contribution in [0.15, 0.2) is 29.3 Å². The first-order valence-corrected chi connectivity index (χ1v) is 11.3. The van der Waals surface area contributed by atoms with Gasteiger partial charge in [0.05, 0.1) is 5.75 Å². The molecule has 0 aromatic heterocycles. The molecule has 1 aliphatic rings. The zero-order valence-corrected chi connectivity index (χ0v) is 19.6. The minimum Gasteiger partial charge on any atom is -0.355 e. The van der Waals surface area contributed by atoms with Crippen LogP contribution in [0, 0.1) is 0 Å². The van der Waals surface area contributed by atoms with Crippen LogP contribution in [0.1, 0.15) is 37.3 Å². The van der Waals surface area contributed by atoms with Crippen molar-refractivity contribution in [3.63, 3.8) is 0 Å². The van der Waals surface area contributed by atoms with Crippen LogP contribution in [-0.2, 0) is 22.9 Å². The fourth-order valence-corrected chi connectivity index (χ4v) is 3.72. The number of guanidine groups is 1. The Balaban J connectivity index is 0.00000364. The molecule has 1 aliphatic heterocycles. The zero-order chi connectivity index (χ0) is 18.8. The molecule has 8 heteroatoms. The summed E-state index contributed by atoms with van der Waals surface area (Å²) in [6.45, 7) is 6.13. The van der Waals surface area contributed by atoms with Gasteiger partial charge in [0, 0.05) is 32.4 Å². The Labute approximate surface area is 181 Å². The number of benzene rings is 1. The molecule has 2 N–H and O–H groups in total. The molecule has 1 aromatic carbocycles. The zero-order valence-electron chi connectivity index (χ0n) is 16.4. The molecule has 0 saturated carbocycles. The van der Waals surface area contributed by atoms with Gasteiger partial charge in [-0.1, -0.05) is 37.6 Å². The smallest absolute Gasteiger partial charge is 0.191 e. The number of likely N-dealkylation sites (tertiary alicyclic amines) is 1. The first kappa shape index (κ1) is 24.2. The van der Waals surface area contributed by atoms with Crippen LogP contribution < -0.4 is 10.6 Å². The van der Waals surface area contributed by atoms with Crippen molar-refractivity contribution in [2.75, 3.05) is 38.2 Å². The molecule has 0 amide bonds. The maximum atomic E-state index is 11.5. The lowest BCUT2D eigenvalue weighted by Gasteiger charge is -2.26. The predicted molar refractivity (Wildman–Crippen MR) is 124 cm³/mol. The van der Waals surface area contributed by atoms with Crippen molar-refractivity contribution in [3.05, 3.63) is 35.4 Å². The molecule has 0 unspecified atom stereocenters. The van der Waals surface area contributed by atoms with E-state index in [4.69, 9.17) is 0 Å². The maximum Gasteiger partial charge on any atom is 0.191 e. The van der Waals surface area contributed by atoms with E-state index in [0.717, 1.165) is 6.54 Å². The minimum atomic E-state index is -2.96. The summed E-state index contributed by atoms with van der Waals surface area (Å²) in [5.41, 5.74) is 2.53. The summed E-state index contributed by atoms with van der Waals surface area (Å²) in [6, 6.07) is 8.66. The van der Waals surface area contributed by atoms with Gasteiger partial charge in [-0.3, -0.25) is 9.89 Å². The number of rotatable bonds is 8. The lowest BCUT2D eigenvalue weighted by molar-refractivity contribution is 0.221. The molecule has 1 heterocycles. The molecule has 27 heavy (non-hydrogen) atoms. The minimum absolute atomic E-state index is 0.